The van der Waals surface area contributed by atoms with E-state index in [0.29, 0.717) is 5.56 Å². The Hall–Kier alpha value is -1.97. The van der Waals surface area contributed by atoms with Crippen LogP contribution in [0.15, 0.2) is 24.3 Å². The molecule has 4 heteroatoms. The van der Waals surface area contributed by atoms with Crippen LogP contribution in [-0.2, 0) is 14.3 Å². The lowest BCUT2D eigenvalue weighted by Gasteiger charge is -2.22. The van der Waals surface area contributed by atoms with Crippen molar-refractivity contribution in [3.05, 3.63) is 35.4 Å². The van der Waals surface area contributed by atoms with Gasteiger partial charge < -0.3 is 4.74 Å². The van der Waals surface area contributed by atoms with Gasteiger partial charge in [-0.3, -0.25) is 14.4 Å². The average Bonchev–Trinajstić information content (AvgIpc) is 2.33. The molecule has 0 radical (unpaired) electrons. The van der Waals surface area contributed by atoms with Crippen LogP contribution in [0.3, 0.4) is 0 Å². The monoisotopic (exact) mass is 290 g/mol. The van der Waals surface area contributed by atoms with Crippen molar-refractivity contribution in [2.75, 3.05) is 0 Å². The van der Waals surface area contributed by atoms with Crippen molar-refractivity contribution in [1.29, 1.82) is 0 Å². The Bertz CT molecular complexity index is 552. The third-order valence-electron chi connectivity index (χ3n) is 3.02. The van der Waals surface area contributed by atoms with Gasteiger partial charge in [-0.2, -0.15) is 0 Å². The second-order valence-electron chi connectivity index (χ2n) is 6.14. The van der Waals surface area contributed by atoms with Crippen molar-refractivity contribution in [1.82, 2.24) is 0 Å². The van der Waals surface area contributed by atoms with E-state index in [2.05, 4.69) is 0 Å². The fourth-order valence-electron chi connectivity index (χ4n) is 1.95. The fraction of sp³-hybridized carbons (Fsp3) is 0.471. The van der Waals surface area contributed by atoms with E-state index in [4.69, 9.17) is 4.74 Å². The molecule has 0 aliphatic carbocycles. The maximum atomic E-state index is 12.3. The number of rotatable bonds is 5. The minimum atomic E-state index is -1.05. The fourth-order valence-corrected chi connectivity index (χ4v) is 1.95. The van der Waals surface area contributed by atoms with Crippen LogP contribution < -0.4 is 0 Å². The van der Waals surface area contributed by atoms with Gasteiger partial charge in [-0.15, -0.1) is 0 Å². The molecule has 1 unspecified atom stereocenters. The van der Waals surface area contributed by atoms with Crippen LogP contribution in [0.2, 0.25) is 0 Å². The Morgan fingerprint density at radius 1 is 1.14 bits per heavy atom. The number of ether oxygens (including phenoxy) is 1. The van der Waals surface area contributed by atoms with Crippen LogP contribution in [-0.4, -0.2) is 23.1 Å². The van der Waals surface area contributed by atoms with Crippen LogP contribution in [0.1, 0.15) is 50.0 Å². The van der Waals surface area contributed by atoms with E-state index in [1.54, 1.807) is 32.9 Å². The van der Waals surface area contributed by atoms with Gasteiger partial charge in [0.15, 0.2) is 5.78 Å². The minimum Gasteiger partial charge on any atom is -0.459 e. The maximum absolute atomic E-state index is 12.3. The Balaban J connectivity index is 2.90. The molecule has 1 atom stereocenters. The van der Waals surface area contributed by atoms with Gasteiger partial charge in [0.05, 0.1) is 0 Å². The number of hydrogen-bond donors (Lipinski definition) is 0. The zero-order chi connectivity index (χ0) is 16.2. The van der Waals surface area contributed by atoms with Crippen LogP contribution >= 0.6 is 0 Å². The molecule has 4 nitrogen and oxygen atoms in total. The van der Waals surface area contributed by atoms with Crippen LogP contribution in [0, 0.1) is 12.8 Å². The maximum Gasteiger partial charge on any atom is 0.317 e. The first-order valence-electron chi connectivity index (χ1n) is 6.94. The molecule has 0 fully saturated rings. The van der Waals surface area contributed by atoms with Gasteiger partial charge in [0.1, 0.15) is 17.3 Å². The summed E-state index contributed by atoms with van der Waals surface area (Å²) in [6.45, 7) is 8.31. The molecule has 0 saturated heterocycles. The average molecular weight is 290 g/mol. The molecular weight excluding hydrogens is 268 g/mol. The zero-order valence-electron chi connectivity index (χ0n) is 13.2. The first-order chi connectivity index (χ1) is 9.61. The van der Waals surface area contributed by atoms with Crippen LogP contribution in [0.4, 0.5) is 0 Å². The third-order valence-corrected chi connectivity index (χ3v) is 3.02. The normalized spacial score (nSPS) is 12.6. The molecule has 1 aromatic carbocycles. The van der Waals surface area contributed by atoms with Gasteiger partial charge in [0, 0.05) is 12.0 Å². The molecule has 0 aliphatic rings. The van der Waals surface area contributed by atoms with Crippen molar-refractivity contribution in [2.45, 2.75) is 46.6 Å². The predicted octanol–water partition coefficient (Wildman–Crippen LogP) is 3.11. The quantitative estimate of drug-likeness (QED) is 0.475. The highest BCUT2D eigenvalue weighted by atomic mass is 16.6. The molecule has 0 amide bonds. The minimum absolute atomic E-state index is 0.158. The summed E-state index contributed by atoms with van der Waals surface area (Å²) in [5, 5.41) is 0. The second kappa shape index (κ2) is 6.66. The molecule has 0 aliphatic heterocycles. The summed E-state index contributed by atoms with van der Waals surface area (Å²) in [5.74, 6) is -2.27. The van der Waals surface area contributed by atoms with E-state index in [1.807, 2.05) is 19.1 Å². The lowest BCUT2D eigenvalue weighted by atomic mass is 9.93. The van der Waals surface area contributed by atoms with E-state index in [1.165, 1.54) is 6.92 Å². The summed E-state index contributed by atoms with van der Waals surface area (Å²) in [7, 11) is 0. The molecule has 1 aromatic rings. The molecule has 114 valence electrons. The molecule has 0 spiro atoms. The first kappa shape index (κ1) is 17.1. The van der Waals surface area contributed by atoms with E-state index in [9.17, 15) is 14.4 Å². The van der Waals surface area contributed by atoms with Crippen molar-refractivity contribution in [2.24, 2.45) is 5.92 Å². The highest BCUT2D eigenvalue weighted by molar-refractivity contribution is 6.06. The Morgan fingerprint density at radius 2 is 1.71 bits per heavy atom. The number of hydrogen-bond acceptors (Lipinski definition) is 4. The number of ketones is 2. The highest BCUT2D eigenvalue weighted by Gasteiger charge is 2.31. The summed E-state index contributed by atoms with van der Waals surface area (Å²) in [5.41, 5.74) is 0.678. The summed E-state index contributed by atoms with van der Waals surface area (Å²) < 4.78 is 5.22. The van der Waals surface area contributed by atoms with E-state index in [0.717, 1.165) is 5.56 Å². The molecule has 1 rings (SSSR count). The molecule has 0 bridgehead atoms. The number of benzene rings is 1. The Kier molecular flexibility index (Phi) is 5.41. The topological polar surface area (TPSA) is 60.4 Å². The molecule has 21 heavy (non-hydrogen) atoms. The first-order valence-corrected chi connectivity index (χ1v) is 6.94. The molecule has 0 aromatic heterocycles. The Morgan fingerprint density at radius 3 is 2.19 bits per heavy atom. The number of aryl methyl sites for hydroxylation is 1. The van der Waals surface area contributed by atoms with Gasteiger partial charge in [0.25, 0.3) is 0 Å². The molecule has 0 N–H and O–H groups in total. The van der Waals surface area contributed by atoms with Gasteiger partial charge in [-0.05, 0) is 40.2 Å². The SMILES string of the molecule is CC(=O)C(CC(=O)c1ccccc1C)C(=O)OC(C)(C)C. The van der Waals surface area contributed by atoms with Gasteiger partial charge >= 0.3 is 5.97 Å². The van der Waals surface area contributed by atoms with Crippen molar-refractivity contribution < 1.29 is 19.1 Å². The van der Waals surface area contributed by atoms with Crippen molar-refractivity contribution in [3.8, 4) is 0 Å². The third kappa shape index (κ3) is 5.14. The highest BCUT2D eigenvalue weighted by Crippen LogP contribution is 2.18. The van der Waals surface area contributed by atoms with E-state index < -0.39 is 17.5 Å². The van der Waals surface area contributed by atoms with Gasteiger partial charge in [-0.1, -0.05) is 24.3 Å². The lowest BCUT2D eigenvalue weighted by molar-refractivity contribution is -0.161. The summed E-state index contributed by atoms with van der Waals surface area (Å²) >= 11 is 0. The number of carbonyl (C=O) groups is 3. The molecule has 0 heterocycles. The van der Waals surface area contributed by atoms with E-state index >= 15 is 0 Å². The van der Waals surface area contributed by atoms with Crippen LogP contribution in [0.25, 0.3) is 0 Å². The molecular formula is C17H22O4. The molecule has 0 saturated carbocycles. The van der Waals surface area contributed by atoms with Crippen molar-refractivity contribution >= 4 is 17.5 Å². The summed E-state index contributed by atoms with van der Waals surface area (Å²) in [6, 6.07) is 7.12. The Labute approximate surface area is 125 Å². The number of esters is 1. The predicted molar refractivity (Wildman–Crippen MR) is 80.1 cm³/mol. The van der Waals surface area contributed by atoms with E-state index in [-0.39, 0.29) is 18.0 Å². The van der Waals surface area contributed by atoms with Gasteiger partial charge in [-0.25, -0.2) is 0 Å². The summed E-state index contributed by atoms with van der Waals surface area (Å²) in [4.78, 5) is 36.0. The summed E-state index contributed by atoms with van der Waals surface area (Å²) in [6.07, 6.45) is -0.158. The zero-order valence-corrected chi connectivity index (χ0v) is 13.2. The number of carbonyl (C=O) groups excluding carboxylic acids is 3. The largest absolute Gasteiger partial charge is 0.459 e. The van der Waals surface area contributed by atoms with Gasteiger partial charge in [0.2, 0.25) is 0 Å². The second-order valence-corrected chi connectivity index (χ2v) is 6.14. The lowest BCUT2D eigenvalue weighted by Crippen LogP contribution is -2.33. The number of Topliss-reactive ketones (excluding diaryl/α,β-unsaturated/α-hetero) is 2. The standard InChI is InChI=1S/C17H22O4/c1-11-8-6-7-9-13(11)15(19)10-14(12(2)18)16(20)21-17(3,4)5/h6-9,14H,10H2,1-5H3. The smallest absolute Gasteiger partial charge is 0.317 e. The van der Waals surface area contributed by atoms with Crippen molar-refractivity contribution in [3.63, 3.8) is 0 Å². The van der Waals surface area contributed by atoms with Crippen LogP contribution in [0.5, 0.6) is 0 Å².